The zero-order chi connectivity index (χ0) is 15.6. The summed E-state index contributed by atoms with van der Waals surface area (Å²) in [7, 11) is 1.33. The normalized spacial score (nSPS) is 19.0. The van der Waals surface area contributed by atoms with Gasteiger partial charge in [-0.2, -0.15) is 0 Å². The van der Waals surface area contributed by atoms with Gasteiger partial charge in [-0.05, 0) is 12.5 Å². The van der Waals surface area contributed by atoms with Crippen LogP contribution in [0.5, 0.6) is 0 Å². The predicted molar refractivity (Wildman–Crippen MR) is 69.7 cm³/mol. The Hall–Kier alpha value is -2.31. The lowest BCUT2D eigenvalue weighted by Gasteiger charge is -2.28. The van der Waals surface area contributed by atoms with Crippen molar-refractivity contribution in [1.29, 1.82) is 0 Å². The molecule has 0 spiro atoms. The minimum absolute atomic E-state index is 0.129. The summed E-state index contributed by atoms with van der Waals surface area (Å²) in [5, 5.41) is 2.42. The minimum atomic E-state index is -2.78. The number of benzene rings is 1. The molecule has 2 rings (SSSR count). The molecule has 7 heteroatoms. The molecule has 1 aromatic carbocycles. The molecule has 5 nitrogen and oxygen atoms in total. The number of piperidine rings is 1. The van der Waals surface area contributed by atoms with Crippen molar-refractivity contribution in [3.63, 3.8) is 0 Å². The van der Waals surface area contributed by atoms with Gasteiger partial charge in [-0.25, -0.2) is 8.78 Å². The van der Waals surface area contributed by atoms with Crippen molar-refractivity contribution in [2.75, 3.05) is 7.05 Å². The zero-order valence-electron chi connectivity index (χ0n) is 11.3. The van der Waals surface area contributed by atoms with E-state index in [1.54, 1.807) is 0 Å². The summed E-state index contributed by atoms with van der Waals surface area (Å²) in [5.74, 6) is -1.60. The molecule has 1 aromatic rings. The molecule has 1 aliphatic heterocycles. The van der Waals surface area contributed by atoms with Gasteiger partial charge in [-0.15, -0.1) is 0 Å². The summed E-state index contributed by atoms with van der Waals surface area (Å²) in [5.41, 5.74) is -0.553. The maximum atomic E-state index is 12.9. The fourth-order valence-corrected chi connectivity index (χ4v) is 2.18. The third kappa shape index (κ3) is 3.07. The van der Waals surface area contributed by atoms with E-state index < -0.39 is 24.3 Å². The van der Waals surface area contributed by atoms with E-state index in [2.05, 4.69) is 5.32 Å². The second-order valence-corrected chi connectivity index (χ2v) is 4.74. The Morgan fingerprint density at radius 1 is 1.33 bits per heavy atom. The second kappa shape index (κ2) is 5.99. The smallest absolute Gasteiger partial charge is 0.264 e. The van der Waals surface area contributed by atoms with Crippen LogP contribution in [0, 0.1) is 0 Å². The highest BCUT2D eigenvalue weighted by Crippen LogP contribution is 2.23. The lowest BCUT2D eigenvalue weighted by molar-refractivity contribution is -0.147. The maximum Gasteiger partial charge on any atom is 0.264 e. The number of likely N-dealkylation sites (N-methyl/N-ethyl adjacent to an activating group) is 1. The first-order chi connectivity index (χ1) is 9.91. The van der Waals surface area contributed by atoms with Crippen molar-refractivity contribution < 1.29 is 23.2 Å². The molecule has 0 bridgehead atoms. The second-order valence-electron chi connectivity index (χ2n) is 4.74. The van der Waals surface area contributed by atoms with Crippen molar-refractivity contribution in [3.05, 3.63) is 35.4 Å². The molecule has 1 saturated heterocycles. The number of rotatable bonds is 3. The summed E-state index contributed by atoms with van der Waals surface area (Å²) in [6.07, 6.45) is -2.48. The number of halogens is 2. The Kier molecular flexibility index (Phi) is 4.30. The van der Waals surface area contributed by atoms with Crippen molar-refractivity contribution in [1.82, 2.24) is 10.2 Å². The van der Waals surface area contributed by atoms with Gasteiger partial charge in [0.25, 0.3) is 18.2 Å². The molecule has 1 atom stereocenters. The summed E-state index contributed by atoms with van der Waals surface area (Å²) in [6, 6.07) is 4.46. The van der Waals surface area contributed by atoms with E-state index in [0.717, 1.165) is 11.0 Å². The summed E-state index contributed by atoms with van der Waals surface area (Å²) < 4.78 is 25.7. The number of likely N-dealkylation sites (tertiary alicyclic amines) is 1. The highest BCUT2D eigenvalue weighted by molar-refractivity contribution is 6.04. The molecule has 21 heavy (non-hydrogen) atoms. The molecular formula is C14H14F2N2O3. The summed E-state index contributed by atoms with van der Waals surface area (Å²) in [6.45, 7) is 0. The van der Waals surface area contributed by atoms with Crippen LogP contribution in [0.15, 0.2) is 24.3 Å². The van der Waals surface area contributed by atoms with E-state index in [-0.39, 0.29) is 29.9 Å². The molecule has 0 aliphatic carbocycles. The highest BCUT2D eigenvalue weighted by Gasteiger charge is 2.33. The Morgan fingerprint density at radius 2 is 2.00 bits per heavy atom. The van der Waals surface area contributed by atoms with Gasteiger partial charge in [0.05, 0.1) is 0 Å². The molecule has 1 N–H and O–H groups in total. The van der Waals surface area contributed by atoms with Crippen LogP contribution in [0.25, 0.3) is 0 Å². The molecule has 3 amide bonds. The van der Waals surface area contributed by atoms with Gasteiger partial charge >= 0.3 is 0 Å². The number of imide groups is 1. The van der Waals surface area contributed by atoms with Crippen molar-refractivity contribution in [3.8, 4) is 0 Å². The van der Waals surface area contributed by atoms with Gasteiger partial charge < -0.3 is 5.32 Å². The summed E-state index contributed by atoms with van der Waals surface area (Å²) in [4.78, 5) is 36.2. The number of nitrogens with one attached hydrogen (secondary N) is 1. The van der Waals surface area contributed by atoms with Crippen LogP contribution in [0.4, 0.5) is 8.78 Å². The van der Waals surface area contributed by atoms with Crippen LogP contribution in [0.2, 0.25) is 0 Å². The SMILES string of the molecule is CN1C(=O)CCC(NC(=O)c2ccccc2C(F)F)C1=O. The lowest BCUT2D eigenvalue weighted by atomic mass is 10.0. The number of alkyl halides is 2. The summed E-state index contributed by atoms with van der Waals surface area (Å²) >= 11 is 0. The molecule has 0 radical (unpaired) electrons. The van der Waals surface area contributed by atoms with E-state index >= 15 is 0 Å². The molecule has 112 valence electrons. The van der Waals surface area contributed by atoms with Crippen LogP contribution in [-0.2, 0) is 9.59 Å². The standard InChI is InChI=1S/C14H14F2N2O3/c1-18-11(19)7-6-10(14(18)21)17-13(20)9-5-3-2-4-8(9)12(15)16/h2-5,10,12H,6-7H2,1H3,(H,17,20). The topological polar surface area (TPSA) is 66.5 Å². The predicted octanol–water partition coefficient (Wildman–Crippen LogP) is 1.50. The maximum absolute atomic E-state index is 12.9. The number of carbonyl (C=O) groups excluding carboxylic acids is 3. The Balaban J connectivity index is 2.16. The van der Waals surface area contributed by atoms with Crippen molar-refractivity contribution in [2.45, 2.75) is 25.3 Å². The average Bonchev–Trinajstić information content (AvgIpc) is 2.47. The number of carbonyl (C=O) groups is 3. The Bertz CT molecular complexity index is 589. The Labute approximate surface area is 119 Å². The third-order valence-electron chi connectivity index (χ3n) is 3.40. The van der Waals surface area contributed by atoms with Crippen LogP contribution < -0.4 is 5.32 Å². The van der Waals surface area contributed by atoms with Crippen LogP contribution in [0.1, 0.15) is 35.2 Å². The highest BCUT2D eigenvalue weighted by atomic mass is 19.3. The van der Waals surface area contributed by atoms with Crippen LogP contribution >= 0.6 is 0 Å². The number of amides is 3. The van der Waals surface area contributed by atoms with Crippen LogP contribution in [0.3, 0.4) is 0 Å². The fraction of sp³-hybridized carbons (Fsp3) is 0.357. The van der Waals surface area contributed by atoms with Crippen LogP contribution in [-0.4, -0.2) is 35.7 Å². The van der Waals surface area contributed by atoms with E-state index in [1.165, 1.54) is 25.2 Å². The first-order valence-corrected chi connectivity index (χ1v) is 6.40. The van der Waals surface area contributed by atoms with Gasteiger partial charge in [0.2, 0.25) is 5.91 Å². The fourth-order valence-electron chi connectivity index (χ4n) is 2.18. The van der Waals surface area contributed by atoms with E-state index in [1.807, 2.05) is 0 Å². The Morgan fingerprint density at radius 3 is 2.67 bits per heavy atom. The molecule has 0 saturated carbocycles. The van der Waals surface area contributed by atoms with Crippen molar-refractivity contribution >= 4 is 17.7 Å². The lowest BCUT2D eigenvalue weighted by Crippen LogP contribution is -2.53. The molecule has 1 aliphatic rings. The molecule has 1 unspecified atom stereocenters. The molecular weight excluding hydrogens is 282 g/mol. The number of hydrogen-bond donors (Lipinski definition) is 1. The van der Waals surface area contributed by atoms with Gasteiger partial charge in [-0.1, -0.05) is 18.2 Å². The van der Waals surface area contributed by atoms with Gasteiger partial charge in [0.15, 0.2) is 0 Å². The number of nitrogens with zero attached hydrogens (tertiary/aromatic N) is 1. The van der Waals surface area contributed by atoms with Crippen molar-refractivity contribution in [2.24, 2.45) is 0 Å². The molecule has 1 heterocycles. The van der Waals surface area contributed by atoms with E-state index in [4.69, 9.17) is 0 Å². The van der Waals surface area contributed by atoms with E-state index in [0.29, 0.717) is 0 Å². The first kappa shape index (κ1) is 15.1. The quantitative estimate of drug-likeness (QED) is 0.860. The van der Waals surface area contributed by atoms with E-state index in [9.17, 15) is 23.2 Å². The average molecular weight is 296 g/mol. The largest absolute Gasteiger partial charge is 0.340 e. The zero-order valence-corrected chi connectivity index (χ0v) is 11.3. The number of hydrogen-bond acceptors (Lipinski definition) is 3. The monoisotopic (exact) mass is 296 g/mol. The first-order valence-electron chi connectivity index (χ1n) is 6.40. The molecule has 0 aromatic heterocycles. The minimum Gasteiger partial charge on any atom is -0.340 e. The van der Waals surface area contributed by atoms with Gasteiger partial charge in [-0.3, -0.25) is 19.3 Å². The molecule has 1 fully saturated rings. The third-order valence-corrected chi connectivity index (χ3v) is 3.40. The van der Waals surface area contributed by atoms with Gasteiger partial charge in [0.1, 0.15) is 6.04 Å². The van der Waals surface area contributed by atoms with Gasteiger partial charge in [0, 0.05) is 24.6 Å².